The van der Waals surface area contributed by atoms with Crippen molar-refractivity contribution in [2.45, 2.75) is 18.7 Å². The zero-order valence-corrected chi connectivity index (χ0v) is 15.3. The fourth-order valence-corrected chi connectivity index (χ4v) is 3.09. The van der Waals surface area contributed by atoms with Gasteiger partial charge in [0.05, 0.1) is 22.7 Å². The summed E-state index contributed by atoms with van der Waals surface area (Å²) in [4.78, 5) is 1.77. The van der Waals surface area contributed by atoms with Crippen molar-refractivity contribution in [3.8, 4) is 11.8 Å². The Kier molecular flexibility index (Phi) is 5.67. The Morgan fingerprint density at radius 1 is 1.16 bits per heavy atom. The van der Waals surface area contributed by atoms with Gasteiger partial charge < -0.3 is 9.64 Å². The molecule has 0 saturated carbocycles. The van der Waals surface area contributed by atoms with Crippen LogP contribution in [0, 0.1) is 25.2 Å². The molecule has 0 unspecified atom stereocenters. The number of nitrogens with zero attached hydrogens (tertiary/aromatic N) is 2. The fraction of sp³-hybridized carbons (Fsp3) is 0.278. The predicted octanol–water partition coefficient (Wildman–Crippen LogP) is 2.34. The van der Waals surface area contributed by atoms with Crippen molar-refractivity contribution < 1.29 is 13.2 Å². The Labute approximate surface area is 148 Å². The van der Waals surface area contributed by atoms with E-state index in [0.717, 1.165) is 16.9 Å². The third-order valence-electron chi connectivity index (χ3n) is 3.72. The van der Waals surface area contributed by atoms with Crippen LogP contribution in [0.4, 0.5) is 5.69 Å². The third kappa shape index (κ3) is 4.95. The summed E-state index contributed by atoms with van der Waals surface area (Å²) in [5.74, 6) is 0.802. The van der Waals surface area contributed by atoms with E-state index < -0.39 is 10.0 Å². The van der Waals surface area contributed by atoms with Gasteiger partial charge in [-0.1, -0.05) is 6.07 Å². The molecule has 0 aromatic heterocycles. The van der Waals surface area contributed by atoms with Crippen LogP contribution in [0.3, 0.4) is 0 Å². The lowest BCUT2D eigenvalue weighted by Crippen LogP contribution is -2.25. The van der Waals surface area contributed by atoms with Crippen LogP contribution in [0.1, 0.15) is 16.7 Å². The summed E-state index contributed by atoms with van der Waals surface area (Å²) in [6.07, 6.45) is 0. The van der Waals surface area contributed by atoms with Crippen LogP contribution in [0.15, 0.2) is 41.3 Å². The number of likely N-dealkylation sites (N-methyl/N-ethyl adjacent to an activating group) is 1. The summed E-state index contributed by atoms with van der Waals surface area (Å²) >= 11 is 0. The molecule has 0 aliphatic carbocycles. The molecular weight excluding hydrogens is 338 g/mol. The molecule has 0 amide bonds. The number of hydrogen-bond donors (Lipinski definition) is 1. The van der Waals surface area contributed by atoms with Crippen LogP contribution in [0.5, 0.6) is 5.75 Å². The topological polar surface area (TPSA) is 96.4 Å². The Morgan fingerprint density at radius 3 is 2.36 bits per heavy atom. The molecule has 2 rings (SSSR count). The highest BCUT2D eigenvalue weighted by molar-refractivity contribution is 7.89. The van der Waals surface area contributed by atoms with Crippen molar-refractivity contribution in [2.24, 2.45) is 5.14 Å². The first-order valence-corrected chi connectivity index (χ1v) is 9.24. The number of hydrogen-bond acceptors (Lipinski definition) is 5. The number of nitriles is 1. The third-order valence-corrected chi connectivity index (χ3v) is 4.63. The zero-order valence-electron chi connectivity index (χ0n) is 14.5. The lowest BCUT2D eigenvalue weighted by Gasteiger charge is -2.21. The van der Waals surface area contributed by atoms with Crippen molar-refractivity contribution >= 4 is 15.7 Å². The molecule has 0 radical (unpaired) electrons. The Hall–Kier alpha value is -2.56. The summed E-state index contributed by atoms with van der Waals surface area (Å²) in [6.45, 7) is 4.99. The number of sulfonamides is 1. The van der Waals surface area contributed by atoms with Gasteiger partial charge in [0.1, 0.15) is 18.4 Å². The molecule has 2 N–H and O–H groups in total. The normalized spacial score (nSPS) is 11.0. The van der Waals surface area contributed by atoms with Gasteiger partial charge >= 0.3 is 0 Å². The highest BCUT2D eigenvalue weighted by Crippen LogP contribution is 2.22. The SMILES string of the molecule is Cc1cc(C)cc(OCCN(C)c2ccc(S(N)(=O)=O)cc2C#N)c1. The Morgan fingerprint density at radius 2 is 1.80 bits per heavy atom. The molecule has 6 nitrogen and oxygen atoms in total. The zero-order chi connectivity index (χ0) is 18.6. The van der Waals surface area contributed by atoms with Crippen LogP contribution >= 0.6 is 0 Å². The molecule has 7 heteroatoms. The van der Waals surface area contributed by atoms with E-state index in [9.17, 15) is 13.7 Å². The minimum atomic E-state index is -3.83. The highest BCUT2D eigenvalue weighted by Gasteiger charge is 2.14. The maximum Gasteiger partial charge on any atom is 0.238 e. The van der Waals surface area contributed by atoms with E-state index in [0.29, 0.717) is 18.8 Å². The predicted molar refractivity (Wildman–Crippen MR) is 97.2 cm³/mol. The van der Waals surface area contributed by atoms with Gasteiger partial charge in [0.15, 0.2) is 0 Å². The summed E-state index contributed by atoms with van der Waals surface area (Å²) in [7, 11) is -2.02. The first-order chi connectivity index (χ1) is 11.7. The first kappa shape index (κ1) is 18.8. The van der Waals surface area contributed by atoms with Crippen molar-refractivity contribution in [2.75, 3.05) is 25.1 Å². The van der Waals surface area contributed by atoms with Crippen LogP contribution in [-0.2, 0) is 10.0 Å². The van der Waals surface area contributed by atoms with Gasteiger partial charge in [-0.15, -0.1) is 0 Å². The molecule has 25 heavy (non-hydrogen) atoms. The van der Waals surface area contributed by atoms with Gasteiger partial charge in [-0.3, -0.25) is 0 Å². The van der Waals surface area contributed by atoms with E-state index in [1.165, 1.54) is 12.1 Å². The molecule has 2 aromatic carbocycles. The lowest BCUT2D eigenvalue weighted by molar-refractivity contribution is 0.325. The summed E-state index contributed by atoms with van der Waals surface area (Å²) in [5.41, 5.74) is 3.14. The van der Waals surface area contributed by atoms with Gasteiger partial charge in [-0.25, -0.2) is 13.6 Å². The molecule has 0 fully saturated rings. The number of rotatable bonds is 6. The molecule has 2 aromatic rings. The average Bonchev–Trinajstić information content (AvgIpc) is 2.52. The van der Waals surface area contributed by atoms with Crippen LogP contribution < -0.4 is 14.8 Å². The molecule has 0 aliphatic heterocycles. The number of ether oxygens (including phenoxy) is 1. The van der Waals surface area contributed by atoms with Crippen molar-refractivity contribution in [1.82, 2.24) is 0 Å². The summed E-state index contributed by atoms with van der Waals surface area (Å²) in [5, 5.41) is 14.4. The molecule has 0 saturated heterocycles. The van der Waals surface area contributed by atoms with E-state index >= 15 is 0 Å². The maximum absolute atomic E-state index is 11.4. The van der Waals surface area contributed by atoms with E-state index in [4.69, 9.17) is 9.88 Å². The number of benzene rings is 2. The molecule has 0 aliphatic rings. The van der Waals surface area contributed by atoms with E-state index in [1.807, 2.05) is 44.0 Å². The molecular formula is C18H21N3O3S. The smallest absolute Gasteiger partial charge is 0.238 e. The van der Waals surface area contributed by atoms with Crippen molar-refractivity contribution in [3.05, 3.63) is 53.1 Å². The summed E-state index contributed by atoms with van der Waals surface area (Å²) < 4.78 is 28.6. The largest absolute Gasteiger partial charge is 0.492 e. The van der Waals surface area contributed by atoms with Gasteiger partial charge in [0.2, 0.25) is 10.0 Å². The van der Waals surface area contributed by atoms with Crippen LogP contribution in [-0.4, -0.2) is 28.6 Å². The van der Waals surface area contributed by atoms with Crippen LogP contribution in [0.25, 0.3) is 0 Å². The van der Waals surface area contributed by atoms with Crippen molar-refractivity contribution in [1.29, 1.82) is 5.26 Å². The number of anilines is 1. The first-order valence-electron chi connectivity index (χ1n) is 7.70. The van der Waals surface area contributed by atoms with Gasteiger partial charge in [-0.05, 0) is 55.3 Å². The summed E-state index contributed by atoms with van der Waals surface area (Å²) in [6, 6.07) is 12.3. The molecule has 132 valence electrons. The van der Waals surface area contributed by atoms with Crippen molar-refractivity contribution in [3.63, 3.8) is 0 Å². The second kappa shape index (κ2) is 7.55. The Balaban J connectivity index is 2.08. The second-order valence-electron chi connectivity index (χ2n) is 5.93. The number of primary sulfonamides is 1. The molecule has 0 spiro atoms. The van der Waals surface area contributed by atoms with E-state index in [-0.39, 0.29) is 10.5 Å². The monoisotopic (exact) mass is 359 g/mol. The maximum atomic E-state index is 11.4. The second-order valence-corrected chi connectivity index (χ2v) is 7.49. The van der Waals surface area contributed by atoms with E-state index in [1.54, 1.807) is 6.07 Å². The van der Waals surface area contributed by atoms with Gasteiger partial charge in [-0.2, -0.15) is 5.26 Å². The molecule has 0 heterocycles. The minimum Gasteiger partial charge on any atom is -0.492 e. The van der Waals surface area contributed by atoms with Gasteiger partial charge in [0, 0.05) is 7.05 Å². The number of aryl methyl sites for hydroxylation is 2. The van der Waals surface area contributed by atoms with E-state index in [2.05, 4.69) is 6.07 Å². The van der Waals surface area contributed by atoms with Crippen LogP contribution in [0.2, 0.25) is 0 Å². The highest BCUT2D eigenvalue weighted by atomic mass is 32.2. The molecule has 0 bridgehead atoms. The standard InChI is InChI=1S/C18H21N3O3S/c1-13-8-14(2)10-16(9-13)24-7-6-21(3)18-5-4-17(25(20,22)23)11-15(18)12-19/h4-5,8-11H,6-7H2,1-3H3,(H2,20,22,23). The Bertz CT molecular complexity index is 897. The average molecular weight is 359 g/mol. The fourth-order valence-electron chi connectivity index (χ4n) is 2.55. The quantitative estimate of drug-likeness (QED) is 0.854. The lowest BCUT2D eigenvalue weighted by atomic mass is 10.1. The molecule has 0 atom stereocenters. The minimum absolute atomic E-state index is 0.0762. The van der Waals surface area contributed by atoms with Gasteiger partial charge in [0.25, 0.3) is 0 Å². The number of nitrogens with two attached hydrogens (primary N) is 1.